The van der Waals surface area contributed by atoms with Crippen molar-refractivity contribution in [2.24, 2.45) is 0 Å². The quantitative estimate of drug-likeness (QED) is 0.658. The van der Waals surface area contributed by atoms with Crippen molar-refractivity contribution in [1.29, 1.82) is 0 Å². The standard InChI is InChI=1S/C14H8F4N2S/c15-9-3-1-2-4-10(9)19-13-20-11-7-8(14(16,17)18)5-6-12(11)21-13/h1-7H,(H,19,20). The van der Waals surface area contributed by atoms with E-state index < -0.39 is 17.6 Å². The summed E-state index contributed by atoms with van der Waals surface area (Å²) in [6.45, 7) is 0. The lowest BCUT2D eigenvalue weighted by Crippen LogP contribution is -2.03. The fourth-order valence-electron chi connectivity index (χ4n) is 1.84. The van der Waals surface area contributed by atoms with Crippen LogP contribution in [0.1, 0.15) is 5.56 Å². The van der Waals surface area contributed by atoms with Crippen LogP contribution in [-0.4, -0.2) is 4.98 Å². The molecule has 0 saturated heterocycles. The SMILES string of the molecule is Fc1ccccc1Nc1nc2cc(C(F)(F)F)ccc2s1. The molecular weight excluding hydrogens is 304 g/mol. The molecule has 3 rings (SSSR count). The smallest absolute Gasteiger partial charge is 0.329 e. The maximum Gasteiger partial charge on any atom is 0.416 e. The van der Waals surface area contributed by atoms with Crippen LogP contribution in [0.15, 0.2) is 42.5 Å². The number of rotatable bonds is 2. The van der Waals surface area contributed by atoms with E-state index in [-0.39, 0.29) is 11.2 Å². The molecule has 0 unspecified atom stereocenters. The summed E-state index contributed by atoms with van der Waals surface area (Å²) in [4.78, 5) is 4.06. The third-order valence-electron chi connectivity index (χ3n) is 2.83. The topological polar surface area (TPSA) is 24.9 Å². The molecule has 0 fully saturated rings. The maximum atomic E-state index is 13.5. The molecule has 21 heavy (non-hydrogen) atoms. The van der Waals surface area contributed by atoms with Gasteiger partial charge in [0.05, 0.1) is 21.5 Å². The molecule has 0 spiro atoms. The van der Waals surface area contributed by atoms with Crippen molar-refractivity contribution in [3.63, 3.8) is 0 Å². The highest BCUT2D eigenvalue weighted by atomic mass is 32.1. The number of nitrogens with zero attached hydrogens (tertiary/aromatic N) is 1. The number of alkyl halides is 3. The van der Waals surface area contributed by atoms with E-state index in [1.165, 1.54) is 18.2 Å². The second kappa shape index (κ2) is 5.00. The number of benzene rings is 2. The third kappa shape index (κ3) is 2.82. The Labute approximate surface area is 121 Å². The molecule has 7 heteroatoms. The van der Waals surface area contributed by atoms with Crippen molar-refractivity contribution in [2.45, 2.75) is 6.18 Å². The molecule has 1 aromatic heterocycles. The zero-order chi connectivity index (χ0) is 15.0. The lowest BCUT2D eigenvalue weighted by molar-refractivity contribution is -0.137. The predicted molar refractivity (Wildman–Crippen MR) is 74.3 cm³/mol. The van der Waals surface area contributed by atoms with Crippen LogP contribution < -0.4 is 5.32 Å². The third-order valence-corrected chi connectivity index (χ3v) is 3.78. The number of aromatic nitrogens is 1. The first-order valence-corrected chi connectivity index (χ1v) is 6.74. The van der Waals surface area contributed by atoms with Gasteiger partial charge in [-0.3, -0.25) is 0 Å². The minimum atomic E-state index is -4.41. The lowest BCUT2D eigenvalue weighted by Gasteiger charge is -2.04. The van der Waals surface area contributed by atoms with Gasteiger partial charge in [0.25, 0.3) is 0 Å². The van der Waals surface area contributed by atoms with Gasteiger partial charge in [-0.2, -0.15) is 13.2 Å². The van der Waals surface area contributed by atoms with Gasteiger partial charge in [-0.15, -0.1) is 0 Å². The van der Waals surface area contributed by atoms with Gasteiger partial charge in [0, 0.05) is 0 Å². The molecule has 2 aromatic carbocycles. The highest BCUT2D eigenvalue weighted by Gasteiger charge is 2.30. The van der Waals surface area contributed by atoms with Crippen molar-refractivity contribution in [3.05, 3.63) is 53.8 Å². The number of nitrogens with one attached hydrogen (secondary N) is 1. The second-order valence-corrected chi connectivity index (χ2v) is 5.33. The molecule has 0 radical (unpaired) electrons. The molecule has 0 aliphatic heterocycles. The first kappa shape index (κ1) is 13.8. The summed E-state index contributed by atoms with van der Waals surface area (Å²) < 4.78 is 52.0. The van der Waals surface area contributed by atoms with Gasteiger partial charge in [0.15, 0.2) is 5.13 Å². The molecule has 1 heterocycles. The van der Waals surface area contributed by atoms with E-state index in [0.29, 0.717) is 9.83 Å². The molecule has 0 aliphatic rings. The van der Waals surface area contributed by atoms with Crippen LogP contribution >= 0.6 is 11.3 Å². The Morgan fingerprint density at radius 3 is 2.52 bits per heavy atom. The van der Waals surface area contributed by atoms with Crippen molar-refractivity contribution in [3.8, 4) is 0 Å². The highest BCUT2D eigenvalue weighted by Crippen LogP contribution is 2.34. The average molecular weight is 312 g/mol. The van der Waals surface area contributed by atoms with E-state index in [0.717, 1.165) is 23.5 Å². The van der Waals surface area contributed by atoms with Crippen LogP contribution in [-0.2, 0) is 6.18 Å². The number of anilines is 2. The normalized spacial score (nSPS) is 11.8. The Morgan fingerprint density at radius 1 is 1.05 bits per heavy atom. The van der Waals surface area contributed by atoms with Crippen LogP contribution in [0.4, 0.5) is 28.4 Å². The Balaban J connectivity index is 1.96. The maximum absolute atomic E-state index is 13.5. The summed E-state index contributed by atoms with van der Waals surface area (Å²) >= 11 is 1.16. The van der Waals surface area contributed by atoms with Crippen LogP contribution in [0, 0.1) is 5.82 Å². The molecule has 0 saturated carbocycles. The summed E-state index contributed by atoms with van der Waals surface area (Å²) in [5.74, 6) is -0.451. The lowest BCUT2D eigenvalue weighted by atomic mass is 10.2. The molecule has 108 valence electrons. The Kier molecular flexibility index (Phi) is 3.29. The summed E-state index contributed by atoms with van der Waals surface area (Å²) in [6, 6.07) is 9.38. The van der Waals surface area contributed by atoms with Crippen molar-refractivity contribution >= 4 is 32.4 Å². The Morgan fingerprint density at radius 2 is 1.81 bits per heavy atom. The average Bonchev–Trinajstić information content (AvgIpc) is 2.81. The number of thiazole rings is 1. The molecule has 3 aromatic rings. The van der Waals surface area contributed by atoms with Gasteiger partial charge < -0.3 is 5.32 Å². The first-order valence-electron chi connectivity index (χ1n) is 5.93. The zero-order valence-electron chi connectivity index (χ0n) is 10.4. The van der Waals surface area contributed by atoms with Gasteiger partial charge in [0.2, 0.25) is 0 Å². The Bertz CT molecular complexity index is 795. The number of fused-ring (bicyclic) bond motifs is 1. The van der Waals surface area contributed by atoms with E-state index in [4.69, 9.17) is 0 Å². The number of hydrogen-bond acceptors (Lipinski definition) is 3. The van der Waals surface area contributed by atoms with E-state index in [1.807, 2.05) is 0 Å². The van der Waals surface area contributed by atoms with Crippen LogP contribution in [0.25, 0.3) is 10.2 Å². The van der Waals surface area contributed by atoms with E-state index in [9.17, 15) is 17.6 Å². The molecule has 1 N–H and O–H groups in total. The van der Waals surface area contributed by atoms with Gasteiger partial charge in [-0.25, -0.2) is 9.37 Å². The first-order chi connectivity index (χ1) is 9.93. The van der Waals surface area contributed by atoms with Crippen molar-refractivity contribution in [2.75, 3.05) is 5.32 Å². The van der Waals surface area contributed by atoms with Crippen LogP contribution in [0.3, 0.4) is 0 Å². The van der Waals surface area contributed by atoms with E-state index >= 15 is 0 Å². The molecule has 0 amide bonds. The number of hydrogen-bond donors (Lipinski definition) is 1. The fraction of sp³-hybridized carbons (Fsp3) is 0.0714. The van der Waals surface area contributed by atoms with E-state index in [1.54, 1.807) is 12.1 Å². The molecule has 0 atom stereocenters. The summed E-state index contributed by atoms with van der Waals surface area (Å²) in [5, 5.41) is 3.11. The minimum Gasteiger partial charge on any atom is -0.329 e. The predicted octanol–water partition coefficient (Wildman–Crippen LogP) is 5.20. The fourth-order valence-corrected chi connectivity index (χ4v) is 2.69. The van der Waals surface area contributed by atoms with Gasteiger partial charge >= 0.3 is 6.18 Å². The second-order valence-electron chi connectivity index (χ2n) is 4.30. The van der Waals surface area contributed by atoms with E-state index in [2.05, 4.69) is 10.3 Å². The summed E-state index contributed by atoms with van der Waals surface area (Å²) in [7, 11) is 0. The number of halogens is 4. The Hall–Kier alpha value is -2.15. The molecule has 0 aliphatic carbocycles. The molecule has 2 nitrogen and oxygen atoms in total. The van der Waals surface area contributed by atoms with Gasteiger partial charge in [-0.1, -0.05) is 23.5 Å². The largest absolute Gasteiger partial charge is 0.416 e. The summed E-state index contributed by atoms with van der Waals surface area (Å²) in [6.07, 6.45) is -4.41. The van der Waals surface area contributed by atoms with Crippen LogP contribution in [0.2, 0.25) is 0 Å². The van der Waals surface area contributed by atoms with Gasteiger partial charge in [-0.05, 0) is 30.3 Å². The van der Waals surface area contributed by atoms with Crippen molar-refractivity contribution in [1.82, 2.24) is 4.98 Å². The zero-order valence-corrected chi connectivity index (χ0v) is 11.2. The van der Waals surface area contributed by atoms with Crippen molar-refractivity contribution < 1.29 is 17.6 Å². The van der Waals surface area contributed by atoms with Crippen LogP contribution in [0.5, 0.6) is 0 Å². The van der Waals surface area contributed by atoms with Gasteiger partial charge in [0.1, 0.15) is 5.82 Å². The number of para-hydroxylation sites is 1. The summed E-state index contributed by atoms with van der Waals surface area (Å²) in [5.41, 5.74) is -0.293. The minimum absolute atomic E-state index is 0.229. The highest BCUT2D eigenvalue weighted by molar-refractivity contribution is 7.22. The molecule has 0 bridgehead atoms. The monoisotopic (exact) mass is 312 g/mol. The molecular formula is C14H8F4N2S.